The monoisotopic (exact) mass is 2080 g/mol. The highest BCUT2D eigenvalue weighted by molar-refractivity contribution is 7.24. The number of carbonyl (C=O) groups is 2. The average Bonchev–Trinajstić information content (AvgIpc) is 1.54. The summed E-state index contributed by atoms with van der Waals surface area (Å²) in [7, 11) is 0. The summed E-state index contributed by atoms with van der Waals surface area (Å²) in [5.74, 6) is 0.668. The molecule has 10 aromatic rings. The Morgan fingerprint density at radius 1 is 0.270 bits per heavy atom. The van der Waals surface area contributed by atoms with E-state index in [-0.39, 0.29) is 28.1 Å². The van der Waals surface area contributed by atoms with Crippen LogP contribution in [0.1, 0.15) is 571 Å². The Balaban J connectivity index is 0.993. The highest BCUT2D eigenvalue weighted by Crippen LogP contribution is 2.56. The van der Waals surface area contributed by atoms with Crippen LogP contribution in [-0.2, 0) is 44.2 Å². The number of hydrogen-bond acceptors (Lipinski definition) is 7. The number of benzene rings is 4. The molecule has 2 aliphatic rings. The van der Waals surface area contributed by atoms with Crippen LogP contribution in [0.2, 0.25) is 0 Å². The van der Waals surface area contributed by atoms with Crippen molar-refractivity contribution in [2.24, 2.45) is 17.6 Å². The van der Waals surface area contributed by atoms with Gasteiger partial charge in [-0.1, -0.05) is 487 Å². The van der Waals surface area contributed by atoms with Crippen LogP contribution in [0.5, 0.6) is 0 Å². The van der Waals surface area contributed by atoms with Crippen molar-refractivity contribution in [1.29, 1.82) is 0 Å². The standard InChI is InChI=1S/C137H209N5O2S4/c1-20-30-40-50-56-64-74-102(72-62-46-36-26-7)100-139-128(126-127(133(139)144)129(122-92-93-124(146-122)137(18,19)138)140(132(126)143)101-103(73-63-47-37-27-8)75-65-57-51-41-31-21-2)121-91-90-120(145-121)104-82-86-112-115-89-85-109(99-119(115)142(116(112)94-104)111(80-70-60-54-44-34-24-5)81-71-61-55-45-35-25-6)135(14,15)136(16,17)125-97-107(77-67-49-39-29-10)131(148-125)130-106(76-66-48-38-28-9)96-123(147-130)105-83-87-113-114-88-84-108(134(11,12)13)98-118(114)141(117(113)95-105)110(78-68-58-52-42-32-22-3)79-69-59-53-43-33-23-4/h82-99,102-103,110-111H,20-81,100-101,138H2,1-19H3. The van der Waals surface area contributed by atoms with Gasteiger partial charge in [-0.05, 0) is 208 Å². The van der Waals surface area contributed by atoms with Gasteiger partial charge in [-0.15, -0.1) is 45.3 Å². The molecule has 2 amide bonds. The second-order valence-electron chi connectivity index (χ2n) is 49.1. The Morgan fingerprint density at radius 2 is 0.574 bits per heavy atom. The number of thiophene rings is 4. The zero-order valence-electron chi connectivity index (χ0n) is 97.8. The summed E-state index contributed by atoms with van der Waals surface area (Å²) in [5, 5.41) is 5.52. The normalized spacial score (nSPS) is 14.1. The van der Waals surface area contributed by atoms with Crippen molar-refractivity contribution >= 4 is 112 Å². The lowest BCUT2D eigenvalue weighted by atomic mass is 9.63. The maximum atomic E-state index is 16.8. The molecule has 12 rings (SSSR count). The van der Waals surface area contributed by atoms with Crippen LogP contribution in [0.4, 0.5) is 0 Å². The van der Waals surface area contributed by atoms with E-state index in [1.54, 1.807) is 22.5 Å². The Bertz CT molecular complexity index is 5670. The van der Waals surface area contributed by atoms with Gasteiger partial charge in [0.2, 0.25) is 0 Å². The molecule has 0 aliphatic carbocycles. The summed E-state index contributed by atoms with van der Waals surface area (Å²) in [6.45, 7) is 46.5. The molecular formula is C137H209N5O2S4. The van der Waals surface area contributed by atoms with Crippen molar-refractivity contribution in [3.8, 4) is 30.6 Å². The van der Waals surface area contributed by atoms with Crippen molar-refractivity contribution in [2.75, 3.05) is 13.1 Å². The Labute approximate surface area is 920 Å². The van der Waals surface area contributed by atoms with E-state index >= 15 is 9.59 Å². The highest BCUT2D eigenvalue weighted by Gasteiger charge is 2.51. The summed E-state index contributed by atoms with van der Waals surface area (Å²) < 4.78 is 5.82. The summed E-state index contributed by atoms with van der Waals surface area (Å²) >= 11 is 7.77. The minimum absolute atomic E-state index is 0.0142. The molecule has 0 saturated carbocycles. The number of fused-ring (bicyclic) bond motifs is 7. The first-order chi connectivity index (χ1) is 71.7. The summed E-state index contributed by atoms with van der Waals surface area (Å²) in [6, 6.07) is 45.9. The van der Waals surface area contributed by atoms with E-state index in [1.165, 1.54) is 424 Å². The van der Waals surface area contributed by atoms with E-state index in [0.717, 1.165) is 90.2 Å². The number of unbranched alkanes of at least 4 members (excludes halogenated alkanes) is 42. The minimum atomic E-state index is -0.585. The minimum Gasteiger partial charge on any atom is -0.337 e. The smallest absolute Gasteiger partial charge is 0.261 e. The fourth-order valence-electron chi connectivity index (χ4n) is 24.7. The predicted molar refractivity (Wildman–Crippen MR) is 659 cm³/mol. The zero-order valence-corrected chi connectivity index (χ0v) is 101. The molecule has 4 aromatic carbocycles. The lowest BCUT2D eigenvalue weighted by molar-refractivity contribution is -0.124. The van der Waals surface area contributed by atoms with Crippen LogP contribution in [0.3, 0.4) is 0 Å². The van der Waals surface area contributed by atoms with Gasteiger partial charge in [-0.25, -0.2) is 0 Å². The molecule has 0 radical (unpaired) electrons. The van der Waals surface area contributed by atoms with Gasteiger partial charge in [-0.3, -0.25) is 9.59 Å². The quantitative estimate of drug-likeness (QED) is 0.0386. The largest absolute Gasteiger partial charge is 0.337 e. The Hall–Kier alpha value is -6.34. The SMILES string of the molecule is CCCCCCCCC(CCCCCC)CN1C(=O)C2=C(c3ccc(C(C)(C)N)s3)N(CC(CCCCCC)CCCCCCCC)C(=O)C2=C1c1ccc(-c2ccc3c4ccc(C(C)(C)C(C)(C)c5cc(CCCCCC)c(-c6sc(-c7ccc8c9ccc(C(C)(C)C)cc9n(C(CCCCCCCC)CCCCCCCC)c8c7)cc6CCCCCC)s5)cc4n(C(CCCCCCCC)CCCCCCCC)c3c2)s1. The number of nitrogens with zero attached hydrogens (tertiary/aromatic N) is 4. The van der Waals surface area contributed by atoms with Gasteiger partial charge in [0.05, 0.1) is 43.3 Å². The number of hydrogen-bond donors (Lipinski definition) is 1. The van der Waals surface area contributed by atoms with Crippen LogP contribution in [0.15, 0.2) is 120 Å². The van der Waals surface area contributed by atoms with Crippen LogP contribution in [0, 0.1) is 11.8 Å². The first kappa shape index (κ1) is 120. The third-order valence-corrected chi connectivity index (χ3v) is 40.4. The Kier molecular flexibility index (Phi) is 49.8. The third kappa shape index (κ3) is 32.2. The summed E-state index contributed by atoms with van der Waals surface area (Å²) in [6.07, 6.45) is 77.1. The number of aryl methyl sites for hydroxylation is 2. The third-order valence-electron chi connectivity index (χ3n) is 34.9. The van der Waals surface area contributed by atoms with Gasteiger partial charge in [0, 0.05) is 98.0 Å². The summed E-state index contributed by atoms with van der Waals surface area (Å²) in [5.41, 5.74) is 23.0. The van der Waals surface area contributed by atoms with Gasteiger partial charge in [0.25, 0.3) is 11.8 Å². The van der Waals surface area contributed by atoms with E-state index in [4.69, 9.17) is 5.73 Å². The molecule has 7 nitrogen and oxygen atoms in total. The molecule has 2 aliphatic heterocycles. The molecule has 0 saturated heterocycles. The summed E-state index contributed by atoms with van der Waals surface area (Å²) in [4.78, 5) is 48.1. The number of rotatable bonds is 77. The first-order valence-corrected chi connectivity index (χ1v) is 65.6. The number of aromatic nitrogens is 2. The molecule has 2 atom stereocenters. The van der Waals surface area contributed by atoms with Crippen molar-refractivity contribution in [3.05, 3.63) is 162 Å². The molecule has 6 aromatic heterocycles. The molecule has 11 heteroatoms. The van der Waals surface area contributed by atoms with E-state index in [2.05, 4.69) is 282 Å². The van der Waals surface area contributed by atoms with Gasteiger partial charge in [0.1, 0.15) is 0 Å². The van der Waals surface area contributed by atoms with Gasteiger partial charge >= 0.3 is 0 Å². The van der Waals surface area contributed by atoms with E-state index in [0.29, 0.717) is 48.2 Å². The average molecular weight is 2090 g/mol. The Morgan fingerprint density at radius 3 is 0.953 bits per heavy atom. The molecule has 0 bridgehead atoms. The molecule has 0 spiro atoms. The second-order valence-corrected chi connectivity index (χ2v) is 53.4. The molecule has 148 heavy (non-hydrogen) atoms. The maximum absolute atomic E-state index is 16.8. The van der Waals surface area contributed by atoms with Crippen LogP contribution in [0.25, 0.3) is 85.6 Å². The molecule has 818 valence electrons. The fourth-order valence-corrected chi connectivity index (χ4v) is 29.7. The van der Waals surface area contributed by atoms with Gasteiger partial charge in [-0.2, -0.15) is 0 Å². The molecule has 8 heterocycles. The van der Waals surface area contributed by atoms with Gasteiger partial charge in [0.15, 0.2) is 0 Å². The molecular weight excluding hydrogens is 1880 g/mol. The number of nitrogens with two attached hydrogens (primary N) is 1. The lowest BCUT2D eigenvalue weighted by Gasteiger charge is -2.42. The van der Waals surface area contributed by atoms with Crippen molar-refractivity contribution in [3.63, 3.8) is 0 Å². The number of carbonyl (C=O) groups excluding carboxylic acids is 2. The molecule has 0 fully saturated rings. The van der Waals surface area contributed by atoms with Crippen LogP contribution in [-0.4, -0.2) is 43.8 Å². The van der Waals surface area contributed by atoms with E-state index in [1.807, 2.05) is 11.3 Å². The van der Waals surface area contributed by atoms with Crippen LogP contribution < -0.4 is 5.73 Å². The molecule has 2 unspecified atom stereocenters. The van der Waals surface area contributed by atoms with Crippen LogP contribution >= 0.6 is 45.3 Å². The maximum Gasteiger partial charge on any atom is 0.261 e. The van der Waals surface area contributed by atoms with E-state index < -0.39 is 5.54 Å². The van der Waals surface area contributed by atoms with Gasteiger partial charge < -0.3 is 24.7 Å². The fraction of sp³-hybridized carbons (Fsp3) is 0.664. The number of amides is 2. The van der Waals surface area contributed by atoms with Crippen molar-refractivity contribution in [2.45, 2.75) is 564 Å². The van der Waals surface area contributed by atoms with Crippen molar-refractivity contribution in [1.82, 2.24) is 18.9 Å². The predicted octanol–water partition coefficient (Wildman–Crippen LogP) is 44.7. The zero-order chi connectivity index (χ0) is 106. The molecule has 2 N–H and O–H groups in total. The lowest BCUT2D eigenvalue weighted by Crippen LogP contribution is -2.39. The first-order valence-electron chi connectivity index (χ1n) is 62.3. The second kappa shape index (κ2) is 61.2. The highest BCUT2D eigenvalue weighted by atomic mass is 32.1. The van der Waals surface area contributed by atoms with E-state index in [9.17, 15) is 0 Å². The van der Waals surface area contributed by atoms with Crippen molar-refractivity contribution < 1.29 is 9.59 Å². The topological polar surface area (TPSA) is 76.5 Å².